The molecular formula is C17H31NO6. The maximum atomic E-state index is 11.9. The Morgan fingerprint density at radius 2 is 1.88 bits per heavy atom. The van der Waals surface area contributed by atoms with Crippen LogP contribution in [0.5, 0.6) is 0 Å². The molecule has 0 aromatic carbocycles. The summed E-state index contributed by atoms with van der Waals surface area (Å²) in [5.41, 5.74) is 0. The molecule has 24 heavy (non-hydrogen) atoms. The normalized spacial score (nSPS) is 23.5. The van der Waals surface area contributed by atoms with Crippen molar-refractivity contribution in [3.05, 3.63) is 0 Å². The van der Waals surface area contributed by atoms with E-state index >= 15 is 0 Å². The molecular weight excluding hydrogens is 314 g/mol. The Morgan fingerprint density at radius 1 is 1.17 bits per heavy atom. The molecule has 7 heteroatoms. The quantitative estimate of drug-likeness (QED) is 0.448. The van der Waals surface area contributed by atoms with Crippen molar-refractivity contribution in [3.63, 3.8) is 0 Å². The lowest BCUT2D eigenvalue weighted by atomic mass is 10.1. The van der Waals surface area contributed by atoms with Gasteiger partial charge in [0.05, 0.1) is 6.54 Å². The number of unbranched alkanes of at least 4 members (excludes halogenated alkanes) is 4. The van der Waals surface area contributed by atoms with Gasteiger partial charge in [0.15, 0.2) is 6.29 Å². The molecule has 1 saturated heterocycles. The third-order valence-electron chi connectivity index (χ3n) is 3.80. The number of carbonyl (C=O) groups is 2. The molecule has 0 bridgehead atoms. The Hall–Kier alpha value is -1.18. The minimum Gasteiger partial charge on any atom is -0.462 e. The number of hydrogen-bond acceptors (Lipinski definition) is 7. The first-order chi connectivity index (χ1) is 11.4. The zero-order valence-corrected chi connectivity index (χ0v) is 15.0. The summed E-state index contributed by atoms with van der Waals surface area (Å²) in [5, 5.41) is 9.60. The summed E-state index contributed by atoms with van der Waals surface area (Å²) in [4.78, 5) is 25.1. The third-order valence-corrected chi connectivity index (χ3v) is 3.80. The van der Waals surface area contributed by atoms with Gasteiger partial charge in [-0.3, -0.25) is 14.5 Å². The van der Waals surface area contributed by atoms with Gasteiger partial charge in [0.2, 0.25) is 0 Å². The van der Waals surface area contributed by atoms with E-state index in [1.165, 1.54) is 6.42 Å². The Kier molecular flexibility index (Phi) is 9.90. The summed E-state index contributed by atoms with van der Waals surface area (Å²) < 4.78 is 15.8. The molecule has 0 spiro atoms. The number of nitrogens with zero attached hydrogens (tertiary/aromatic N) is 1. The van der Waals surface area contributed by atoms with Crippen molar-refractivity contribution in [2.75, 3.05) is 27.2 Å². The average Bonchev–Trinajstić information content (AvgIpc) is 2.84. The average molecular weight is 345 g/mol. The predicted molar refractivity (Wildman–Crippen MR) is 88.3 cm³/mol. The van der Waals surface area contributed by atoms with Gasteiger partial charge in [-0.25, -0.2) is 0 Å². The van der Waals surface area contributed by atoms with Crippen LogP contribution in [0.1, 0.15) is 51.9 Å². The second-order valence-electron chi connectivity index (χ2n) is 6.48. The van der Waals surface area contributed by atoms with Crippen molar-refractivity contribution in [3.8, 4) is 0 Å². The number of aliphatic hydroxyl groups excluding tert-OH is 1. The predicted octanol–water partition coefficient (Wildman–Crippen LogP) is 1.47. The third kappa shape index (κ3) is 8.61. The Morgan fingerprint density at radius 3 is 2.54 bits per heavy atom. The lowest BCUT2D eigenvalue weighted by molar-refractivity contribution is -0.162. The van der Waals surface area contributed by atoms with E-state index < -0.39 is 18.5 Å². The maximum absolute atomic E-state index is 11.9. The van der Waals surface area contributed by atoms with Crippen molar-refractivity contribution in [1.29, 1.82) is 0 Å². The molecule has 1 rings (SSSR count). The van der Waals surface area contributed by atoms with Gasteiger partial charge in [0, 0.05) is 12.8 Å². The SMILES string of the molecule is CCCCCCCC(=O)O[C@@H]1C[C@H](O)O[C@@H]1COC(=O)CN(C)C. The van der Waals surface area contributed by atoms with E-state index in [9.17, 15) is 14.7 Å². The molecule has 0 saturated carbocycles. The minimum atomic E-state index is -0.995. The van der Waals surface area contributed by atoms with Crippen LogP contribution < -0.4 is 0 Å². The Bertz CT molecular complexity index is 387. The van der Waals surface area contributed by atoms with Crippen molar-refractivity contribution in [2.24, 2.45) is 0 Å². The fourth-order valence-electron chi connectivity index (χ4n) is 2.55. The first-order valence-electron chi connectivity index (χ1n) is 8.75. The minimum absolute atomic E-state index is 0.0296. The molecule has 1 aliphatic heterocycles. The summed E-state index contributed by atoms with van der Waals surface area (Å²) in [6.45, 7) is 2.28. The van der Waals surface area contributed by atoms with Gasteiger partial charge in [0.25, 0.3) is 0 Å². The van der Waals surface area contributed by atoms with Crippen LogP contribution in [0, 0.1) is 0 Å². The summed E-state index contributed by atoms with van der Waals surface area (Å²) in [7, 11) is 3.53. The van der Waals surface area contributed by atoms with Crippen LogP contribution in [-0.2, 0) is 23.8 Å². The van der Waals surface area contributed by atoms with Gasteiger partial charge >= 0.3 is 11.9 Å². The molecule has 1 N–H and O–H groups in total. The van der Waals surface area contributed by atoms with Crippen molar-refractivity contribution < 1.29 is 28.9 Å². The van der Waals surface area contributed by atoms with Crippen LogP contribution in [0.15, 0.2) is 0 Å². The van der Waals surface area contributed by atoms with Gasteiger partial charge in [-0.15, -0.1) is 0 Å². The monoisotopic (exact) mass is 345 g/mol. The highest BCUT2D eigenvalue weighted by molar-refractivity contribution is 5.71. The second-order valence-corrected chi connectivity index (χ2v) is 6.48. The van der Waals surface area contributed by atoms with Crippen LogP contribution in [0.4, 0.5) is 0 Å². The van der Waals surface area contributed by atoms with E-state index in [-0.39, 0.29) is 31.5 Å². The van der Waals surface area contributed by atoms with E-state index in [0.717, 1.165) is 25.7 Å². The van der Waals surface area contributed by atoms with E-state index in [0.29, 0.717) is 6.42 Å². The van der Waals surface area contributed by atoms with Crippen LogP contribution in [0.25, 0.3) is 0 Å². The van der Waals surface area contributed by atoms with E-state index in [2.05, 4.69) is 6.92 Å². The summed E-state index contributed by atoms with van der Waals surface area (Å²) in [6, 6.07) is 0. The molecule has 140 valence electrons. The lowest BCUT2D eigenvalue weighted by Crippen LogP contribution is -2.33. The van der Waals surface area contributed by atoms with Gasteiger partial charge in [0.1, 0.15) is 18.8 Å². The molecule has 3 atom stereocenters. The van der Waals surface area contributed by atoms with E-state index in [1.54, 1.807) is 19.0 Å². The largest absolute Gasteiger partial charge is 0.462 e. The molecule has 1 aliphatic rings. The fraction of sp³-hybridized carbons (Fsp3) is 0.882. The highest BCUT2D eigenvalue weighted by atomic mass is 16.7. The number of esters is 2. The smallest absolute Gasteiger partial charge is 0.320 e. The Labute approximate surface area is 144 Å². The highest BCUT2D eigenvalue weighted by Crippen LogP contribution is 2.23. The molecule has 1 heterocycles. The number of likely N-dealkylation sites (N-methyl/N-ethyl adjacent to an activating group) is 1. The zero-order valence-electron chi connectivity index (χ0n) is 15.0. The summed E-state index contributed by atoms with van der Waals surface area (Å²) in [6.07, 6.45) is 3.67. The second kappa shape index (κ2) is 11.4. The molecule has 7 nitrogen and oxygen atoms in total. The summed E-state index contributed by atoms with van der Waals surface area (Å²) >= 11 is 0. The van der Waals surface area contributed by atoms with Crippen LogP contribution >= 0.6 is 0 Å². The molecule has 0 aromatic heterocycles. The molecule has 0 amide bonds. The number of aliphatic hydroxyl groups is 1. The maximum Gasteiger partial charge on any atom is 0.320 e. The van der Waals surface area contributed by atoms with Gasteiger partial charge in [-0.1, -0.05) is 32.6 Å². The van der Waals surface area contributed by atoms with Crippen LogP contribution in [-0.4, -0.2) is 67.7 Å². The van der Waals surface area contributed by atoms with Gasteiger partial charge in [-0.2, -0.15) is 0 Å². The number of ether oxygens (including phenoxy) is 3. The molecule has 0 unspecified atom stereocenters. The molecule has 0 aromatic rings. The number of carbonyl (C=O) groups excluding carboxylic acids is 2. The van der Waals surface area contributed by atoms with Crippen LogP contribution in [0.2, 0.25) is 0 Å². The van der Waals surface area contributed by atoms with Crippen molar-refractivity contribution in [1.82, 2.24) is 4.90 Å². The number of rotatable bonds is 11. The highest BCUT2D eigenvalue weighted by Gasteiger charge is 2.37. The summed E-state index contributed by atoms with van der Waals surface area (Å²) in [5.74, 6) is -0.676. The van der Waals surface area contributed by atoms with Crippen molar-refractivity contribution in [2.45, 2.75) is 70.4 Å². The lowest BCUT2D eigenvalue weighted by Gasteiger charge is -2.19. The number of hydrogen-bond donors (Lipinski definition) is 1. The van der Waals surface area contributed by atoms with Crippen molar-refractivity contribution >= 4 is 11.9 Å². The first kappa shape index (κ1) is 20.9. The zero-order chi connectivity index (χ0) is 17.9. The standard InChI is InChI=1S/C17H31NO6/c1-4-5-6-7-8-9-15(19)23-13-10-16(20)24-14(13)12-22-17(21)11-18(2)3/h13-14,16,20H,4-12H2,1-3H3/t13-,14-,16-/m1/s1. The molecule has 1 fully saturated rings. The van der Waals surface area contributed by atoms with E-state index in [1.807, 2.05) is 0 Å². The molecule has 0 aliphatic carbocycles. The fourth-order valence-corrected chi connectivity index (χ4v) is 2.55. The van der Waals surface area contributed by atoms with Gasteiger partial charge in [-0.05, 0) is 20.5 Å². The first-order valence-corrected chi connectivity index (χ1v) is 8.75. The van der Waals surface area contributed by atoms with E-state index in [4.69, 9.17) is 14.2 Å². The molecule has 0 radical (unpaired) electrons. The topological polar surface area (TPSA) is 85.3 Å². The van der Waals surface area contributed by atoms with Gasteiger partial charge < -0.3 is 19.3 Å². The Balaban J connectivity index is 2.30. The van der Waals surface area contributed by atoms with Crippen LogP contribution in [0.3, 0.4) is 0 Å².